The summed E-state index contributed by atoms with van der Waals surface area (Å²) in [5.41, 5.74) is 5.71. The summed E-state index contributed by atoms with van der Waals surface area (Å²) in [6.07, 6.45) is 2.95. The number of esters is 1. The molecule has 2 heterocycles. The molecule has 2 aliphatic rings. The van der Waals surface area contributed by atoms with Crippen LogP contribution >= 0.6 is 0 Å². The van der Waals surface area contributed by atoms with E-state index in [0.717, 1.165) is 5.82 Å². The highest BCUT2D eigenvalue weighted by Crippen LogP contribution is 2.13. The molecule has 6 nitrogen and oxygen atoms in total. The Labute approximate surface area is 81.6 Å². The third-order valence-corrected chi connectivity index (χ3v) is 2.05. The van der Waals surface area contributed by atoms with Crippen LogP contribution in [0.25, 0.3) is 0 Å². The molecule has 0 spiro atoms. The maximum absolute atomic E-state index is 11.5. The standard InChI is InChI=1S/C8H12N4O2/c1-2-14-8(13)7-11-10-6-5-9-3-4-12(6)7/h3,5,7,10-11H,2,4H2,1H3. The fourth-order valence-corrected chi connectivity index (χ4v) is 1.41. The van der Waals surface area contributed by atoms with Gasteiger partial charge in [-0.05, 0) is 6.92 Å². The molecule has 0 radical (unpaired) electrons. The number of rotatable bonds is 2. The van der Waals surface area contributed by atoms with Crippen molar-refractivity contribution in [3.63, 3.8) is 0 Å². The second-order valence-corrected chi connectivity index (χ2v) is 2.92. The minimum absolute atomic E-state index is 0.279. The maximum Gasteiger partial charge on any atom is 0.345 e. The summed E-state index contributed by atoms with van der Waals surface area (Å²) in [5, 5.41) is 0. The Hall–Kier alpha value is -1.56. The first-order valence-electron chi connectivity index (χ1n) is 4.49. The van der Waals surface area contributed by atoms with Gasteiger partial charge in [0.25, 0.3) is 0 Å². The molecule has 0 amide bonds. The molecule has 0 aromatic heterocycles. The van der Waals surface area contributed by atoms with Gasteiger partial charge in [-0.25, -0.2) is 10.2 Å². The normalized spacial score (nSPS) is 23.9. The van der Waals surface area contributed by atoms with Crippen LogP contribution in [0.5, 0.6) is 0 Å². The topological polar surface area (TPSA) is 66.0 Å². The molecule has 1 fully saturated rings. The molecular weight excluding hydrogens is 184 g/mol. The van der Waals surface area contributed by atoms with Crippen molar-refractivity contribution in [1.29, 1.82) is 0 Å². The summed E-state index contributed by atoms with van der Waals surface area (Å²) in [6, 6.07) is 0. The first-order chi connectivity index (χ1) is 6.83. The van der Waals surface area contributed by atoms with E-state index in [2.05, 4.69) is 15.8 Å². The van der Waals surface area contributed by atoms with Crippen molar-refractivity contribution in [2.24, 2.45) is 4.99 Å². The van der Waals surface area contributed by atoms with Crippen molar-refractivity contribution in [2.75, 3.05) is 13.2 Å². The van der Waals surface area contributed by atoms with Crippen LogP contribution in [0.2, 0.25) is 0 Å². The van der Waals surface area contributed by atoms with E-state index in [-0.39, 0.29) is 5.97 Å². The van der Waals surface area contributed by atoms with Gasteiger partial charge in [0.05, 0.1) is 19.4 Å². The fourth-order valence-electron chi connectivity index (χ4n) is 1.41. The van der Waals surface area contributed by atoms with Crippen LogP contribution in [0, 0.1) is 0 Å². The highest BCUT2D eigenvalue weighted by Gasteiger charge is 2.34. The predicted octanol–water partition coefficient (Wildman–Crippen LogP) is -0.831. The second-order valence-electron chi connectivity index (χ2n) is 2.92. The van der Waals surface area contributed by atoms with Gasteiger partial charge >= 0.3 is 5.97 Å². The highest BCUT2D eigenvalue weighted by atomic mass is 16.5. The van der Waals surface area contributed by atoms with Crippen LogP contribution in [-0.4, -0.2) is 36.4 Å². The molecule has 2 N–H and O–H groups in total. The first kappa shape index (κ1) is 9.01. The zero-order valence-electron chi connectivity index (χ0n) is 7.86. The van der Waals surface area contributed by atoms with E-state index in [1.165, 1.54) is 0 Å². The average Bonchev–Trinajstić information content (AvgIpc) is 2.61. The highest BCUT2D eigenvalue weighted by molar-refractivity contribution is 5.77. The molecule has 6 heteroatoms. The summed E-state index contributed by atoms with van der Waals surface area (Å²) in [6.45, 7) is 2.78. The molecule has 1 saturated heterocycles. The Balaban J connectivity index is 2.06. The number of fused-ring (bicyclic) bond motifs is 1. The zero-order valence-corrected chi connectivity index (χ0v) is 7.86. The number of carbonyl (C=O) groups excluding carboxylic acids is 1. The fraction of sp³-hybridized carbons (Fsp3) is 0.500. The van der Waals surface area contributed by atoms with Crippen LogP contribution in [0.4, 0.5) is 0 Å². The summed E-state index contributed by atoms with van der Waals surface area (Å²) in [7, 11) is 0. The smallest absolute Gasteiger partial charge is 0.345 e. The Morgan fingerprint density at radius 2 is 2.71 bits per heavy atom. The number of nitrogens with one attached hydrogen (secondary N) is 2. The molecule has 1 atom stereocenters. The van der Waals surface area contributed by atoms with Crippen LogP contribution in [-0.2, 0) is 9.53 Å². The van der Waals surface area contributed by atoms with E-state index < -0.39 is 6.17 Å². The van der Waals surface area contributed by atoms with E-state index in [9.17, 15) is 4.79 Å². The lowest BCUT2D eigenvalue weighted by atomic mass is 10.4. The van der Waals surface area contributed by atoms with Gasteiger partial charge in [-0.3, -0.25) is 4.99 Å². The minimum Gasteiger partial charge on any atom is -0.463 e. The lowest BCUT2D eigenvalue weighted by molar-refractivity contribution is -0.148. The molecule has 2 aliphatic heterocycles. The quantitative estimate of drug-likeness (QED) is 0.564. The van der Waals surface area contributed by atoms with Gasteiger partial charge in [0, 0.05) is 6.21 Å². The van der Waals surface area contributed by atoms with E-state index >= 15 is 0 Å². The molecule has 2 rings (SSSR count). The van der Waals surface area contributed by atoms with Crippen LogP contribution in [0.3, 0.4) is 0 Å². The molecule has 0 saturated carbocycles. The number of nitrogens with zero attached hydrogens (tertiary/aromatic N) is 2. The monoisotopic (exact) mass is 196 g/mol. The van der Waals surface area contributed by atoms with Gasteiger partial charge < -0.3 is 15.1 Å². The molecule has 0 aliphatic carbocycles. The zero-order chi connectivity index (χ0) is 9.97. The molecule has 0 aromatic rings. The first-order valence-corrected chi connectivity index (χ1v) is 4.49. The van der Waals surface area contributed by atoms with E-state index in [1.54, 1.807) is 19.3 Å². The van der Waals surface area contributed by atoms with E-state index in [4.69, 9.17) is 4.74 Å². The molecule has 76 valence electrons. The van der Waals surface area contributed by atoms with Crippen molar-refractivity contribution in [1.82, 2.24) is 15.8 Å². The largest absolute Gasteiger partial charge is 0.463 e. The lowest BCUT2D eigenvalue weighted by Crippen LogP contribution is -2.45. The van der Waals surface area contributed by atoms with Gasteiger partial charge in [0.15, 0.2) is 6.17 Å². The number of hydrogen-bond donors (Lipinski definition) is 2. The van der Waals surface area contributed by atoms with Crippen molar-refractivity contribution >= 4 is 12.2 Å². The van der Waals surface area contributed by atoms with Crippen LogP contribution < -0.4 is 10.9 Å². The lowest BCUT2D eigenvalue weighted by Gasteiger charge is -2.22. The van der Waals surface area contributed by atoms with Gasteiger partial charge in [0.1, 0.15) is 5.82 Å². The summed E-state index contributed by atoms with van der Waals surface area (Å²) < 4.78 is 4.92. The number of hydrogen-bond acceptors (Lipinski definition) is 6. The van der Waals surface area contributed by atoms with Crippen LogP contribution in [0.15, 0.2) is 17.0 Å². The maximum atomic E-state index is 11.5. The number of hydrazine groups is 1. The van der Waals surface area contributed by atoms with Gasteiger partial charge in [-0.2, -0.15) is 0 Å². The van der Waals surface area contributed by atoms with Crippen molar-refractivity contribution in [3.05, 3.63) is 12.0 Å². The summed E-state index contributed by atoms with van der Waals surface area (Å²) in [4.78, 5) is 17.3. The van der Waals surface area contributed by atoms with Crippen molar-refractivity contribution < 1.29 is 9.53 Å². The minimum atomic E-state index is -0.451. The third-order valence-electron chi connectivity index (χ3n) is 2.05. The van der Waals surface area contributed by atoms with E-state index in [0.29, 0.717) is 13.2 Å². The Kier molecular flexibility index (Phi) is 2.36. The second kappa shape index (κ2) is 3.67. The molecule has 0 aromatic carbocycles. The molecular formula is C8H12N4O2. The third kappa shape index (κ3) is 1.44. The number of ether oxygens (including phenoxy) is 1. The van der Waals surface area contributed by atoms with Crippen molar-refractivity contribution in [2.45, 2.75) is 13.1 Å². The Morgan fingerprint density at radius 3 is 3.50 bits per heavy atom. The summed E-state index contributed by atoms with van der Waals surface area (Å²) >= 11 is 0. The van der Waals surface area contributed by atoms with Crippen molar-refractivity contribution in [3.8, 4) is 0 Å². The SMILES string of the molecule is CCOC(=O)C1NNC2=CN=CCN21. The number of aliphatic imine (C=N–C) groups is 1. The Morgan fingerprint density at radius 1 is 1.86 bits per heavy atom. The van der Waals surface area contributed by atoms with E-state index in [1.807, 2.05) is 4.90 Å². The molecule has 14 heavy (non-hydrogen) atoms. The summed E-state index contributed by atoms with van der Waals surface area (Å²) in [5.74, 6) is 0.518. The molecule has 1 unspecified atom stereocenters. The van der Waals surface area contributed by atoms with Gasteiger partial charge in [-0.15, -0.1) is 0 Å². The number of carbonyl (C=O) groups is 1. The Bertz CT molecular complexity index is 300. The van der Waals surface area contributed by atoms with Crippen LogP contribution in [0.1, 0.15) is 6.92 Å². The van der Waals surface area contributed by atoms with Gasteiger partial charge in [0.2, 0.25) is 0 Å². The van der Waals surface area contributed by atoms with Gasteiger partial charge in [-0.1, -0.05) is 0 Å². The predicted molar refractivity (Wildman–Crippen MR) is 50.0 cm³/mol. The average molecular weight is 196 g/mol. The molecule has 0 bridgehead atoms.